The van der Waals surface area contributed by atoms with E-state index in [1.165, 1.54) is 9.91 Å². The lowest BCUT2D eigenvalue weighted by atomic mass is 10.0. The van der Waals surface area contributed by atoms with Crippen LogP contribution < -0.4 is 10.1 Å². The van der Waals surface area contributed by atoms with Crippen LogP contribution in [0.2, 0.25) is 0 Å². The number of likely N-dealkylation sites (N-methyl/N-ethyl adjacent to an activating group) is 1. The van der Waals surface area contributed by atoms with Gasteiger partial charge in [-0.3, -0.25) is 9.59 Å². The molecule has 0 saturated heterocycles. The van der Waals surface area contributed by atoms with Crippen molar-refractivity contribution in [2.24, 2.45) is 5.10 Å². The molecule has 1 atom stereocenters. The zero-order chi connectivity index (χ0) is 24.9. The van der Waals surface area contributed by atoms with Gasteiger partial charge in [-0.1, -0.05) is 35.9 Å². The summed E-state index contributed by atoms with van der Waals surface area (Å²) >= 11 is 0. The topological polar surface area (TPSA) is 87.4 Å². The molecule has 1 unspecified atom stereocenters. The summed E-state index contributed by atoms with van der Waals surface area (Å²) in [7, 11) is 3.35. The number of aryl methyl sites for hydroxylation is 2. The van der Waals surface area contributed by atoms with E-state index in [1.807, 2.05) is 68.4 Å². The first-order valence-corrected chi connectivity index (χ1v) is 11.5. The monoisotopic (exact) mass is 474 g/mol. The summed E-state index contributed by atoms with van der Waals surface area (Å²) in [6.45, 7) is 3.89. The van der Waals surface area contributed by atoms with Gasteiger partial charge in [-0.25, -0.2) is 5.01 Å². The molecule has 0 aliphatic carbocycles. The zero-order valence-corrected chi connectivity index (χ0v) is 20.4. The molecule has 8 heteroatoms. The minimum Gasteiger partial charge on any atom is -0.482 e. The lowest BCUT2D eigenvalue weighted by Gasteiger charge is -2.21. The summed E-state index contributed by atoms with van der Waals surface area (Å²) in [5, 5.41) is 9.32. The van der Waals surface area contributed by atoms with Crippen molar-refractivity contribution < 1.29 is 18.7 Å². The Morgan fingerprint density at radius 3 is 2.54 bits per heavy atom. The number of carbonyl (C=O) groups is 2. The van der Waals surface area contributed by atoms with Gasteiger partial charge in [0.1, 0.15) is 17.6 Å². The molecule has 182 valence electrons. The van der Waals surface area contributed by atoms with Crippen LogP contribution in [-0.2, 0) is 9.59 Å². The SMILES string of the molecule is Cc1ccc(C2=NN(C(=O)CNc3ccc(C)cc3OCC(=O)N(C)C)C(c3ccco3)C2)cc1. The molecule has 3 aromatic rings. The van der Waals surface area contributed by atoms with Crippen molar-refractivity contribution in [1.29, 1.82) is 0 Å². The summed E-state index contributed by atoms with van der Waals surface area (Å²) in [6, 6.07) is 17.1. The van der Waals surface area contributed by atoms with E-state index in [9.17, 15) is 9.59 Å². The molecule has 0 saturated carbocycles. The van der Waals surface area contributed by atoms with Crippen LogP contribution in [0.5, 0.6) is 5.75 Å². The minimum atomic E-state index is -0.318. The molecule has 4 rings (SSSR count). The van der Waals surface area contributed by atoms with E-state index in [4.69, 9.17) is 9.15 Å². The van der Waals surface area contributed by atoms with Crippen LogP contribution in [0.4, 0.5) is 5.69 Å². The molecule has 0 radical (unpaired) electrons. The molecule has 1 N–H and O–H groups in total. The maximum absolute atomic E-state index is 13.3. The van der Waals surface area contributed by atoms with Crippen LogP contribution in [0.15, 0.2) is 70.4 Å². The smallest absolute Gasteiger partial charge is 0.262 e. The number of amides is 2. The highest BCUT2D eigenvalue weighted by molar-refractivity contribution is 6.03. The van der Waals surface area contributed by atoms with Crippen molar-refractivity contribution >= 4 is 23.2 Å². The summed E-state index contributed by atoms with van der Waals surface area (Å²) in [5.41, 5.74) is 4.60. The molecular formula is C27H30N4O4. The number of rotatable bonds is 8. The minimum absolute atomic E-state index is 0.00291. The summed E-state index contributed by atoms with van der Waals surface area (Å²) in [5.74, 6) is 0.848. The normalized spacial score (nSPS) is 15.0. The van der Waals surface area contributed by atoms with Crippen LogP contribution >= 0.6 is 0 Å². The second kappa shape index (κ2) is 10.5. The molecule has 2 heterocycles. The average molecular weight is 475 g/mol. The fourth-order valence-electron chi connectivity index (χ4n) is 3.78. The van der Waals surface area contributed by atoms with Gasteiger partial charge in [0.25, 0.3) is 11.8 Å². The number of hydrogen-bond acceptors (Lipinski definition) is 6. The summed E-state index contributed by atoms with van der Waals surface area (Å²) < 4.78 is 11.4. The van der Waals surface area contributed by atoms with Gasteiger partial charge in [0.15, 0.2) is 6.61 Å². The van der Waals surface area contributed by atoms with Crippen LogP contribution in [0.25, 0.3) is 0 Å². The summed E-state index contributed by atoms with van der Waals surface area (Å²) in [6.07, 6.45) is 2.17. The van der Waals surface area contributed by atoms with Crippen molar-refractivity contribution in [3.05, 3.63) is 83.3 Å². The first-order valence-electron chi connectivity index (χ1n) is 11.5. The number of furan rings is 1. The van der Waals surface area contributed by atoms with Crippen LogP contribution in [-0.4, -0.2) is 54.7 Å². The average Bonchev–Trinajstić information content (AvgIpc) is 3.52. The molecule has 0 spiro atoms. The Hall–Kier alpha value is -4.07. The molecule has 1 aliphatic rings. The zero-order valence-electron chi connectivity index (χ0n) is 20.4. The number of ether oxygens (including phenoxy) is 1. The fraction of sp³-hybridized carbons (Fsp3) is 0.296. The van der Waals surface area contributed by atoms with E-state index in [1.54, 1.807) is 20.4 Å². The highest BCUT2D eigenvalue weighted by atomic mass is 16.5. The predicted octanol–water partition coefficient (Wildman–Crippen LogP) is 4.15. The first kappa shape index (κ1) is 24.1. The molecule has 1 aromatic heterocycles. The largest absolute Gasteiger partial charge is 0.482 e. The van der Waals surface area contributed by atoms with Gasteiger partial charge >= 0.3 is 0 Å². The molecule has 8 nitrogen and oxygen atoms in total. The van der Waals surface area contributed by atoms with E-state index in [-0.39, 0.29) is 31.0 Å². The molecule has 1 aliphatic heterocycles. The van der Waals surface area contributed by atoms with E-state index < -0.39 is 0 Å². The number of nitrogens with zero attached hydrogens (tertiary/aromatic N) is 3. The number of nitrogens with one attached hydrogen (secondary N) is 1. The van der Waals surface area contributed by atoms with Gasteiger partial charge < -0.3 is 19.4 Å². The van der Waals surface area contributed by atoms with E-state index in [2.05, 4.69) is 10.4 Å². The standard InChI is InChI=1S/C27H30N4O4/c1-18-7-10-20(11-8-18)22-15-23(24-6-5-13-34-24)31(29-22)26(32)16-28-21-12-9-19(2)14-25(21)35-17-27(33)30(3)4/h5-14,23,28H,15-17H2,1-4H3. The number of hydrazone groups is 1. The van der Waals surface area contributed by atoms with Gasteiger partial charge in [0, 0.05) is 20.5 Å². The Labute approximate surface area is 205 Å². The fourth-order valence-corrected chi connectivity index (χ4v) is 3.78. The Balaban J connectivity index is 1.51. The van der Waals surface area contributed by atoms with Crippen molar-refractivity contribution in [1.82, 2.24) is 9.91 Å². The lowest BCUT2D eigenvalue weighted by Crippen LogP contribution is -2.32. The maximum Gasteiger partial charge on any atom is 0.262 e. The van der Waals surface area contributed by atoms with Gasteiger partial charge in [-0.05, 0) is 49.2 Å². The van der Waals surface area contributed by atoms with Gasteiger partial charge in [0.05, 0.1) is 24.2 Å². The molecule has 2 aromatic carbocycles. The number of benzene rings is 2. The van der Waals surface area contributed by atoms with Crippen LogP contribution in [0, 0.1) is 13.8 Å². The van der Waals surface area contributed by atoms with E-state index in [0.29, 0.717) is 23.6 Å². The van der Waals surface area contributed by atoms with Crippen molar-refractivity contribution in [3.8, 4) is 5.75 Å². The molecule has 2 amide bonds. The number of hydrogen-bond donors (Lipinski definition) is 1. The predicted molar refractivity (Wildman–Crippen MR) is 134 cm³/mol. The number of anilines is 1. The van der Waals surface area contributed by atoms with Gasteiger partial charge in [-0.2, -0.15) is 5.10 Å². The second-order valence-corrected chi connectivity index (χ2v) is 8.82. The first-order chi connectivity index (χ1) is 16.8. The van der Waals surface area contributed by atoms with Crippen molar-refractivity contribution in [2.75, 3.05) is 32.6 Å². The highest BCUT2D eigenvalue weighted by Crippen LogP contribution is 2.33. The molecular weight excluding hydrogens is 444 g/mol. The van der Waals surface area contributed by atoms with Crippen LogP contribution in [0.1, 0.15) is 34.9 Å². The molecule has 0 bridgehead atoms. The quantitative estimate of drug-likeness (QED) is 0.530. The lowest BCUT2D eigenvalue weighted by molar-refractivity contribution is -0.132. The summed E-state index contributed by atoms with van der Waals surface area (Å²) in [4.78, 5) is 26.7. The third-order valence-electron chi connectivity index (χ3n) is 5.84. The number of carbonyl (C=O) groups excluding carboxylic acids is 2. The van der Waals surface area contributed by atoms with Crippen molar-refractivity contribution in [3.63, 3.8) is 0 Å². The Morgan fingerprint density at radius 2 is 1.86 bits per heavy atom. The Bertz CT molecular complexity index is 1220. The Kier molecular flexibility index (Phi) is 7.19. The van der Waals surface area contributed by atoms with Gasteiger partial charge in [-0.15, -0.1) is 0 Å². The van der Waals surface area contributed by atoms with E-state index in [0.717, 1.165) is 22.4 Å². The van der Waals surface area contributed by atoms with Gasteiger partial charge in [0.2, 0.25) is 0 Å². The highest BCUT2D eigenvalue weighted by Gasteiger charge is 2.34. The van der Waals surface area contributed by atoms with E-state index >= 15 is 0 Å². The second-order valence-electron chi connectivity index (χ2n) is 8.82. The van der Waals surface area contributed by atoms with Crippen LogP contribution in [0.3, 0.4) is 0 Å². The third kappa shape index (κ3) is 5.71. The maximum atomic E-state index is 13.3. The third-order valence-corrected chi connectivity index (χ3v) is 5.84. The van der Waals surface area contributed by atoms with Crippen molar-refractivity contribution in [2.45, 2.75) is 26.3 Å². The molecule has 35 heavy (non-hydrogen) atoms. The Morgan fingerprint density at radius 1 is 1.11 bits per heavy atom. The molecule has 0 fully saturated rings.